The summed E-state index contributed by atoms with van der Waals surface area (Å²) in [6.07, 6.45) is 9.55. The number of benzene rings is 2. The number of esters is 2. The first kappa shape index (κ1) is 59.8. The molecular formula is C48H63ClN6O10S4. The van der Waals surface area contributed by atoms with Crippen molar-refractivity contribution in [3.8, 4) is 11.5 Å². The van der Waals surface area contributed by atoms with Gasteiger partial charge < -0.3 is 41.2 Å². The number of amides is 4. The molecule has 16 nitrogen and oxygen atoms in total. The molecule has 376 valence electrons. The Balaban J connectivity index is 0.000000414. The van der Waals surface area contributed by atoms with Crippen LogP contribution < -0.4 is 35.5 Å². The first-order valence-corrected chi connectivity index (χ1v) is 26.6. The fourth-order valence-electron chi connectivity index (χ4n) is 5.91. The van der Waals surface area contributed by atoms with Gasteiger partial charge in [0.05, 0.1) is 0 Å². The van der Waals surface area contributed by atoms with Gasteiger partial charge in [-0.15, -0.1) is 11.6 Å². The lowest BCUT2D eigenvalue weighted by Gasteiger charge is -2.22. The third-order valence-electron chi connectivity index (χ3n) is 9.43. The van der Waals surface area contributed by atoms with Crippen molar-refractivity contribution in [2.45, 2.75) is 94.2 Å². The van der Waals surface area contributed by atoms with Crippen molar-refractivity contribution in [1.82, 2.24) is 26.0 Å². The van der Waals surface area contributed by atoms with Gasteiger partial charge in [0.15, 0.2) is 6.20 Å². The summed E-state index contributed by atoms with van der Waals surface area (Å²) in [5, 5.41) is 31.6. The Morgan fingerprint density at radius 2 is 1.19 bits per heavy atom. The number of aromatic nitrogens is 2. The molecule has 0 aliphatic carbocycles. The fourth-order valence-corrected chi connectivity index (χ4v) is 8.04. The molecule has 4 atom stereocenters. The molecule has 4 amide bonds. The van der Waals surface area contributed by atoms with E-state index in [1.165, 1.54) is 24.2 Å². The minimum atomic E-state index is -0.835. The molecule has 2 aromatic heterocycles. The Kier molecular flexibility index (Phi) is 29.6. The highest BCUT2D eigenvalue weighted by Crippen LogP contribution is 2.22. The van der Waals surface area contributed by atoms with Gasteiger partial charge in [-0.3, -0.25) is 19.2 Å². The fraction of sp³-hybridized carbons (Fsp3) is 0.417. The van der Waals surface area contributed by atoms with Crippen molar-refractivity contribution in [3.05, 3.63) is 118 Å². The van der Waals surface area contributed by atoms with Gasteiger partial charge in [0.25, 0.3) is 5.03 Å². The number of pyridine rings is 2. The second-order valence-corrected chi connectivity index (χ2v) is 19.6. The van der Waals surface area contributed by atoms with E-state index >= 15 is 0 Å². The predicted octanol–water partition coefficient (Wildman–Crippen LogP) is 7.10. The van der Waals surface area contributed by atoms with Gasteiger partial charge in [-0.2, -0.15) is 33.0 Å². The molecule has 0 spiro atoms. The van der Waals surface area contributed by atoms with Crippen molar-refractivity contribution < 1.29 is 48.2 Å². The van der Waals surface area contributed by atoms with E-state index in [0.29, 0.717) is 82.8 Å². The summed E-state index contributed by atoms with van der Waals surface area (Å²) in [5.41, 5.74) is 1.89. The quantitative estimate of drug-likeness (QED) is 0.00488. The number of ether oxygens (including phenoxy) is 2. The normalized spacial score (nSPS) is 12.3. The molecule has 4 unspecified atom stereocenters. The lowest BCUT2D eigenvalue weighted by Crippen LogP contribution is -2.51. The number of rotatable bonds is 26. The van der Waals surface area contributed by atoms with Crippen molar-refractivity contribution in [3.63, 3.8) is 0 Å². The Hall–Kier alpha value is -5.28. The van der Waals surface area contributed by atoms with Crippen LogP contribution in [0.25, 0.3) is 0 Å². The Morgan fingerprint density at radius 3 is 1.57 bits per heavy atom. The van der Waals surface area contributed by atoms with E-state index in [-0.39, 0.29) is 11.8 Å². The minimum Gasteiger partial charge on any atom is -0.618 e. The average Bonchev–Trinajstić information content (AvgIpc) is 3.32. The van der Waals surface area contributed by atoms with E-state index in [9.17, 15) is 34.0 Å². The van der Waals surface area contributed by atoms with Crippen LogP contribution in [0.15, 0.2) is 102 Å². The Labute approximate surface area is 427 Å². The molecule has 2 aromatic carbocycles. The number of hydrogen-bond donors (Lipinski definition) is 5. The number of nitrogens with one attached hydrogen (secondary N) is 4. The maximum atomic E-state index is 12.8. The summed E-state index contributed by atoms with van der Waals surface area (Å²) >= 11 is 15.0. The van der Waals surface area contributed by atoms with Crippen LogP contribution in [-0.4, -0.2) is 94.7 Å². The number of carbonyl (C=O) groups is 6. The summed E-state index contributed by atoms with van der Waals surface area (Å²) in [6.45, 7) is 7.81. The van der Waals surface area contributed by atoms with Crippen LogP contribution in [0.2, 0.25) is 0 Å². The smallest absolute Gasteiger partial charge is 0.334 e. The molecule has 2 heterocycles. The van der Waals surface area contributed by atoms with Crippen LogP contribution in [0.1, 0.15) is 64.5 Å². The molecule has 0 bridgehead atoms. The largest absolute Gasteiger partial charge is 0.618 e. The molecule has 0 radical (unpaired) electrons. The van der Waals surface area contributed by atoms with Crippen molar-refractivity contribution in [2.75, 3.05) is 24.0 Å². The first-order chi connectivity index (χ1) is 33.0. The van der Waals surface area contributed by atoms with E-state index < -0.39 is 47.9 Å². The highest BCUT2D eigenvalue weighted by molar-refractivity contribution is 7.98. The summed E-state index contributed by atoms with van der Waals surface area (Å²) < 4.78 is 13.1. The zero-order valence-electron chi connectivity index (χ0n) is 39.5. The zero-order valence-corrected chi connectivity index (χ0v) is 43.6. The third-order valence-corrected chi connectivity index (χ3v) is 12.4. The summed E-state index contributed by atoms with van der Waals surface area (Å²) in [6, 6.07) is 21.3. The summed E-state index contributed by atoms with van der Waals surface area (Å²) in [5.74, 6) is 1.55. The zero-order chi connectivity index (χ0) is 51.1. The summed E-state index contributed by atoms with van der Waals surface area (Å²) in [4.78, 5) is 72.3. The number of carbonyl (C=O) groups excluding carboxylic acids is 6. The number of halogens is 1. The minimum absolute atomic E-state index is 0.141. The number of alkyl halides is 1. The molecule has 5 N–H and O–H groups in total. The highest BCUT2D eigenvalue weighted by atomic mass is 35.5. The molecular weight excluding hydrogens is 984 g/mol. The molecule has 69 heavy (non-hydrogen) atoms. The van der Waals surface area contributed by atoms with Crippen LogP contribution in [0, 0.1) is 21.7 Å². The van der Waals surface area contributed by atoms with Gasteiger partial charge in [-0.25, -0.2) is 9.59 Å². The monoisotopic (exact) mass is 1050 g/mol. The van der Waals surface area contributed by atoms with Crippen molar-refractivity contribution >= 4 is 95.7 Å². The maximum absolute atomic E-state index is 12.8. The maximum Gasteiger partial charge on any atom is 0.334 e. The SMILES string of the molecule is CSCCC(NC=O)C(=O)NC(CC(C)C)C(=O)Oc1ccc(CCl)cc1.CSCCC(NC=O)C(=O)NC(CC(C)C)C(=O)Oc1ccc(CSc2cccc[n+]2[O-])cc1.On1ccccc1=S. The Bertz CT molecular complexity index is 2240. The van der Waals surface area contributed by atoms with Gasteiger partial charge in [0, 0.05) is 30.0 Å². The standard InChI is InChI=1S/C24H31N3O5S2.C19H27ClN2O4S.C5H5NOS/c1-17(2)14-21(26-23(29)20(25-16-28)11-13-33-3)24(30)32-19-9-7-18(8-10-19)15-34-22-6-4-5-12-27(22)31;1-13(2)10-17(22-18(24)16(21-12-23)8-9-27-3)19(25)26-15-6-4-14(11-20)5-7-15;7-6-4-2-1-3-5(6)8/h4-10,12,16-17,20-21H,11,13-15H2,1-3H3,(H,25,28)(H,26,29);4-7,12-13,16-17H,8-11H2,1-3H3,(H,21,23)(H,22,24);1-4,7H. The molecule has 21 heteroatoms. The van der Waals surface area contributed by atoms with Crippen LogP contribution in [-0.2, 0) is 40.4 Å². The molecule has 0 saturated carbocycles. The van der Waals surface area contributed by atoms with Gasteiger partial charge in [0.2, 0.25) is 24.6 Å². The van der Waals surface area contributed by atoms with Crippen LogP contribution in [0.3, 0.4) is 0 Å². The number of thioether (sulfide) groups is 3. The van der Waals surface area contributed by atoms with Crippen LogP contribution in [0.4, 0.5) is 0 Å². The lowest BCUT2D eigenvalue weighted by molar-refractivity contribution is -0.645. The molecule has 4 aromatic rings. The number of hydrogen-bond acceptors (Lipinski definition) is 14. The molecule has 0 aliphatic rings. The van der Waals surface area contributed by atoms with Gasteiger partial charge in [-0.05, 0) is 115 Å². The topological polar surface area (TPSA) is 221 Å². The first-order valence-electron chi connectivity index (χ1n) is 21.9. The Morgan fingerprint density at radius 1 is 0.725 bits per heavy atom. The van der Waals surface area contributed by atoms with Crippen LogP contribution in [0.5, 0.6) is 11.5 Å². The molecule has 0 fully saturated rings. The molecule has 0 aliphatic heterocycles. The van der Waals surface area contributed by atoms with E-state index in [1.54, 1.807) is 90.3 Å². The van der Waals surface area contributed by atoms with Crippen molar-refractivity contribution in [2.24, 2.45) is 11.8 Å². The van der Waals surface area contributed by atoms with Crippen molar-refractivity contribution in [1.29, 1.82) is 0 Å². The van der Waals surface area contributed by atoms with E-state index in [1.807, 2.05) is 58.4 Å². The highest BCUT2D eigenvalue weighted by Gasteiger charge is 2.29. The lowest BCUT2D eigenvalue weighted by atomic mass is 10.0. The predicted molar refractivity (Wildman–Crippen MR) is 276 cm³/mol. The van der Waals surface area contributed by atoms with Crippen LogP contribution >= 0.6 is 59.1 Å². The second-order valence-electron chi connectivity index (χ2n) is 15.9. The third kappa shape index (κ3) is 24.2. The number of nitrogens with zero attached hydrogens (tertiary/aromatic N) is 2. The average molecular weight is 1050 g/mol. The van der Waals surface area contributed by atoms with Gasteiger partial charge in [-0.1, -0.05) is 82.0 Å². The second kappa shape index (κ2) is 34.1. The molecule has 0 saturated heterocycles. The molecule has 4 rings (SSSR count). The van der Waals surface area contributed by atoms with E-state index in [4.69, 9.17) is 26.3 Å². The van der Waals surface area contributed by atoms with E-state index in [2.05, 4.69) is 33.5 Å². The van der Waals surface area contributed by atoms with Gasteiger partial charge >= 0.3 is 11.9 Å². The van der Waals surface area contributed by atoms with Gasteiger partial charge in [0.1, 0.15) is 40.3 Å². The summed E-state index contributed by atoms with van der Waals surface area (Å²) in [7, 11) is 0. The van der Waals surface area contributed by atoms with E-state index in [0.717, 1.165) is 20.6 Å².